The van der Waals surface area contributed by atoms with Gasteiger partial charge in [-0.2, -0.15) is 0 Å². The number of ketones is 1. The van der Waals surface area contributed by atoms with Gasteiger partial charge < -0.3 is 4.18 Å². The van der Waals surface area contributed by atoms with Gasteiger partial charge in [-0.15, -0.1) is 8.42 Å². The Morgan fingerprint density at radius 1 is 1.39 bits per heavy atom. The summed E-state index contributed by atoms with van der Waals surface area (Å²) in [6, 6.07) is 0. The van der Waals surface area contributed by atoms with Crippen LogP contribution >= 0.6 is 15.9 Å². The fraction of sp³-hybridized carbons (Fsp3) is 0.500. The Balaban J connectivity index is 4.86. The molecule has 8 nitrogen and oxygen atoms in total. The summed E-state index contributed by atoms with van der Waals surface area (Å²) in [5.41, 5.74) is -0.621. The molecule has 0 aliphatic rings. The normalized spacial score (nSPS) is 11.7. The lowest BCUT2D eigenvalue weighted by atomic mass is 10.3. The molecule has 0 heterocycles. The van der Waals surface area contributed by atoms with Gasteiger partial charge in [0.1, 0.15) is 14.1 Å². The van der Waals surface area contributed by atoms with Gasteiger partial charge in [0.05, 0.1) is 5.33 Å². The van der Waals surface area contributed by atoms with Crippen molar-refractivity contribution in [1.29, 1.82) is 0 Å². The number of carbonyl (C=O) groups excluding carboxylic acids is 2. The Morgan fingerprint density at radius 3 is 2.33 bits per heavy atom. The van der Waals surface area contributed by atoms with Crippen molar-refractivity contribution in [2.75, 3.05) is 26.5 Å². The summed E-state index contributed by atoms with van der Waals surface area (Å²) in [5.74, 6) is -2.09. The summed E-state index contributed by atoms with van der Waals surface area (Å²) in [7, 11) is -0.395. The topological polar surface area (TPSA) is 102 Å². The van der Waals surface area contributed by atoms with Crippen LogP contribution in [0.1, 0.15) is 0 Å². The van der Waals surface area contributed by atoms with Crippen molar-refractivity contribution in [3.05, 3.63) is 0 Å². The molecule has 0 unspecified atom stereocenters. The van der Waals surface area contributed by atoms with Crippen LogP contribution in [0.25, 0.3) is 0 Å². The highest BCUT2D eigenvalue weighted by molar-refractivity contribution is 9.09. The third-order valence-electron chi connectivity index (χ3n) is 1.35. The number of hydrogen-bond acceptors (Lipinski definition) is 7. The zero-order chi connectivity index (χ0) is 14.3. The first-order valence-electron chi connectivity index (χ1n) is 4.46. The summed E-state index contributed by atoms with van der Waals surface area (Å²) in [6.45, 7) is 0. The van der Waals surface area contributed by atoms with E-state index in [4.69, 9.17) is 0 Å². The summed E-state index contributed by atoms with van der Waals surface area (Å²) in [5, 5.41) is -0.181. The number of nitrogens with zero attached hydrogens (tertiary/aromatic N) is 2. The summed E-state index contributed by atoms with van der Waals surface area (Å²) < 4.78 is 31.9. The van der Waals surface area contributed by atoms with Crippen LogP contribution < -0.4 is 0 Å². The molecule has 0 saturated heterocycles. The van der Waals surface area contributed by atoms with E-state index in [2.05, 4.69) is 29.3 Å². The number of hydrogen-bond donors (Lipinski definition) is 0. The molecule has 10 heteroatoms. The molecule has 0 aromatic rings. The molecule has 102 valence electrons. The van der Waals surface area contributed by atoms with Gasteiger partial charge in [0.2, 0.25) is 0 Å². The molecule has 0 aromatic heterocycles. The molecule has 0 spiro atoms. The zero-order valence-electron chi connectivity index (χ0n) is 9.91. The molecule has 18 heavy (non-hydrogen) atoms. The highest BCUT2D eigenvalue weighted by Gasteiger charge is 2.27. The Labute approximate surface area is 113 Å². The van der Waals surface area contributed by atoms with Gasteiger partial charge in [0, 0.05) is 7.05 Å². The molecule has 0 rings (SSSR count). The second-order valence-corrected chi connectivity index (χ2v) is 4.81. The van der Waals surface area contributed by atoms with E-state index in [1.54, 1.807) is 0 Å². The average molecular weight is 344 g/mol. The predicted octanol–water partition coefficient (Wildman–Crippen LogP) is -0.874. The van der Waals surface area contributed by atoms with Gasteiger partial charge in [0.25, 0.3) is 0 Å². The average Bonchev–Trinajstić information content (AvgIpc) is 2.26. The molecular weight excluding hydrogens is 332 g/mol. The van der Waals surface area contributed by atoms with Crippen LogP contribution in [0.4, 0.5) is 0 Å². The maximum atomic E-state index is 11.4. The van der Waals surface area contributed by atoms with Gasteiger partial charge >= 0.3 is 22.8 Å². The Morgan fingerprint density at radius 2 is 1.94 bits per heavy atom. The fourth-order valence-electron chi connectivity index (χ4n) is 0.684. The van der Waals surface area contributed by atoms with Crippen molar-refractivity contribution in [3.63, 3.8) is 0 Å². The molecule has 0 N–H and O–H groups in total. The fourth-order valence-corrected chi connectivity index (χ4v) is 1.53. The van der Waals surface area contributed by atoms with E-state index in [9.17, 15) is 18.0 Å². The molecule has 0 fully saturated rings. The lowest BCUT2D eigenvalue weighted by Gasteiger charge is -2.03. The number of halogens is 1. The van der Waals surface area contributed by atoms with E-state index in [-0.39, 0.29) is 5.33 Å². The summed E-state index contributed by atoms with van der Waals surface area (Å²) in [6.07, 6.45) is 0.817. The summed E-state index contributed by atoms with van der Waals surface area (Å²) in [4.78, 5) is 25.9. The molecule has 0 amide bonds. The minimum absolute atomic E-state index is 0.181. The van der Waals surface area contributed by atoms with Crippen molar-refractivity contribution in [1.82, 2.24) is 0 Å². The van der Waals surface area contributed by atoms with Crippen molar-refractivity contribution in [2.45, 2.75) is 0 Å². The van der Waals surface area contributed by atoms with E-state index in [0.717, 1.165) is 13.4 Å². The molecule has 0 bridgehead atoms. The first-order chi connectivity index (χ1) is 8.23. The van der Waals surface area contributed by atoms with Crippen LogP contribution in [0.2, 0.25) is 0 Å². The standard InChI is InChI=1S/C8H12BrN2O6S/c1-10-7(6(12)4-9)8(13)17-18(14,15)16-5-11(2)3/h5H,4H2,1-3H3/q+1/b10-7-. The lowest BCUT2D eigenvalue weighted by Crippen LogP contribution is -2.30. The van der Waals surface area contributed by atoms with Crippen LogP contribution in [0.15, 0.2) is 4.99 Å². The number of alkyl halides is 1. The van der Waals surface area contributed by atoms with E-state index >= 15 is 0 Å². The molecule has 0 atom stereocenters. The minimum atomic E-state index is -4.57. The highest BCUT2D eigenvalue weighted by Crippen LogP contribution is 1.99. The third kappa shape index (κ3) is 5.87. The largest absolute Gasteiger partial charge is 0.508 e. The van der Waals surface area contributed by atoms with Crippen LogP contribution in [0.5, 0.6) is 0 Å². The van der Waals surface area contributed by atoms with Crippen LogP contribution in [-0.4, -0.2) is 63.3 Å². The molecule has 0 aliphatic carbocycles. The predicted molar refractivity (Wildman–Crippen MR) is 66.4 cm³/mol. The van der Waals surface area contributed by atoms with Gasteiger partial charge in [-0.3, -0.25) is 14.0 Å². The number of aliphatic imine (C=N–C) groups is 1. The van der Waals surface area contributed by atoms with Gasteiger partial charge in [-0.25, -0.2) is 9.37 Å². The lowest BCUT2D eigenvalue weighted by molar-refractivity contribution is -0.466. The molecule has 0 aliphatic heterocycles. The maximum Gasteiger partial charge on any atom is 0.508 e. The second kappa shape index (κ2) is 7.21. The van der Waals surface area contributed by atoms with Crippen molar-refractivity contribution >= 4 is 50.2 Å². The Hall–Kier alpha value is -1.29. The number of carbonyl (C=O) groups is 2. The number of rotatable bonds is 6. The molecule has 0 saturated carbocycles. The van der Waals surface area contributed by atoms with Gasteiger partial charge in [0.15, 0.2) is 11.5 Å². The zero-order valence-corrected chi connectivity index (χ0v) is 12.3. The van der Waals surface area contributed by atoms with Crippen molar-refractivity contribution in [3.8, 4) is 0 Å². The maximum absolute atomic E-state index is 11.4. The molecular formula is C8H12BrN2O6S+. The molecule has 0 radical (unpaired) electrons. The van der Waals surface area contributed by atoms with E-state index in [1.807, 2.05) is 0 Å². The van der Waals surface area contributed by atoms with E-state index in [0.29, 0.717) is 0 Å². The second-order valence-electron chi connectivity index (χ2n) is 3.07. The quantitative estimate of drug-likeness (QED) is 0.204. The number of Topliss-reactive ketones (excluding diaryl/α,β-unsaturated/α-hetero) is 1. The first kappa shape index (κ1) is 16.7. The monoisotopic (exact) mass is 343 g/mol. The first-order valence-corrected chi connectivity index (χ1v) is 6.91. The highest BCUT2D eigenvalue weighted by atomic mass is 79.9. The SMILES string of the molecule is C/N=C(/C(=O)CBr)C(=O)OS(=O)(=O)OC=[N+](C)C. The van der Waals surface area contributed by atoms with E-state index in [1.165, 1.54) is 18.7 Å². The van der Waals surface area contributed by atoms with Crippen molar-refractivity contribution in [2.24, 2.45) is 4.99 Å². The van der Waals surface area contributed by atoms with E-state index < -0.39 is 27.9 Å². The summed E-state index contributed by atoms with van der Waals surface area (Å²) >= 11 is 2.82. The Kier molecular flexibility index (Phi) is 6.70. The van der Waals surface area contributed by atoms with Crippen molar-refractivity contribution < 1.29 is 30.9 Å². The smallest absolute Gasteiger partial charge is 0.309 e. The van der Waals surface area contributed by atoms with Gasteiger partial charge in [-0.05, 0) is 0 Å². The molecule has 0 aromatic carbocycles. The van der Waals surface area contributed by atoms with Crippen LogP contribution in [0, 0.1) is 0 Å². The third-order valence-corrected chi connectivity index (χ3v) is 2.54. The Bertz CT molecular complexity index is 492. The van der Waals surface area contributed by atoms with Crippen LogP contribution in [-0.2, 0) is 28.4 Å². The minimum Gasteiger partial charge on any atom is -0.309 e. The van der Waals surface area contributed by atoms with Gasteiger partial charge in [-0.1, -0.05) is 15.9 Å². The van der Waals surface area contributed by atoms with Crippen LogP contribution in [0.3, 0.4) is 0 Å².